The molecule has 24 aromatic carbocycles. The summed E-state index contributed by atoms with van der Waals surface area (Å²) < 4.78 is 0. The lowest BCUT2D eigenvalue weighted by Crippen LogP contribution is -2.28. The van der Waals surface area contributed by atoms with Crippen molar-refractivity contribution in [3.05, 3.63) is 603 Å². The second-order valence-corrected chi connectivity index (χ2v) is 37.1. The first kappa shape index (κ1) is 82.6. The van der Waals surface area contributed by atoms with E-state index in [0.29, 0.717) is 0 Å². The van der Waals surface area contributed by atoms with Crippen molar-refractivity contribution in [3.63, 3.8) is 0 Å². The van der Waals surface area contributed by atoms with Crippen LogP contribution in [-0.2, 0) is 10.8 Å². The number of rotatable bonds is 19. The van der Waals surface area contributed by atoms with E-state index in [4.69, 9.17) is 0 Å². The highest BCUT2D eigenvalue weighted by atomic mass is 15.2. The largest absolute Gasteiger partial charge is 0.309 e. The van der Waals surface area contributed by atoms with E-state index in [9.17, 15) is 0 Å². The average Bonchev–Trinajstić information content (AvgIpc) is 1.51. The Kier molecular flexibility index (Phi) is 20.5. The lowest BCUT2D eigenvalue weighted by atomic mass is 9.67. The molecule has 26 rings (SSSR count). The molecule has 24 aromatic rings. The standard InChI is InChI=1S/C138H92N2/c1-6-34-93(35-7-1)95-64-66-96(67-65-95)97-72-81-112(82-73-97)140(136-127-60-25-20-52-119(127)117-50-18-23-58-125(117)134(136)123-56-21-16-48-115(123)101-38-10-3-11-39-101)114-87-79-110(80-88-114)138(108-46-14-5-15-47-108)131-63-31-28-55-122(131)128-92-105(76-89-132(128)138)99-70-68-98(69-71-99)104-42-33-43-106(91-104)133-124-57-22-17-49-116(124)118-51-19-24-59-126(118)135(133)139(111-83-74-100(75-84-111)103-41-32-40-102(90-103)94-36-8-2-9-37-94)113-85-77-109(78-86-113)137(107-44-12-4-13-45-107)129-61-29-26-53-120(129)121-54-27-30-62-130(121)137/h1-92H. The maximum Gasteiger partial charge on any atom is 0.0713 e. The number of benzene rings is 24. The highest BCUT2D eigenvalue weighted by molar-refractivity contribution is 6.25. The van der Waals surface area contributed by atoms with Crippen molar-refractivity contribution in [3.8, 4) is 122 Å². The predicted molar refractivity (Wildman–Crippen MR) is 589 cm³/mol. The molecular formula is C138H92N2. The summed E-state index contributed by atoms with van der Waals surface area (Å²) in [6.07, 6.45) is 0. The van der Waals surface area contributed by atoms with Crippen molar-refractivity contribution in [2.45, 2.75) is 10.8 Å². The van der Waals surface area contributed by atoms with Crippen LogP contribution in [0.1, 0.15) is 44.5 Å². The van der Waals surface area contributed by atoms with Crippen molar-refractivity contribution in [1.82, 2.24) is 0 Å². The Balaban J connectivity index is 0.590. The molecule has 0 bridgehead atoms. The van der Waals surface area contributed by atoms with Gasteiger partial charge in [0.15, 0.2) is 0 Å². The van der Waals surface area contributed by atoms with E-state index in [-0.39, 0.29) is 0 Å². The minimum atomic E-state index is -0.697. The first-order chi connectivity index (χ1) is 69.5. The fourth-order valence-corrected chi connectivity index (χ4v) is 23.3. The zero-order chi connectivity index (χ0) is 92.6. The van der Waals surface area contributed by atoms with E-state index in [1.165, 1.54) is 132 Å². The monoisotopic (exact) mass is 1780 g/mol. The molecule has 654 valence electrons. The van der Waals surface area contributed by atoms with E-state index in [2.05, 4.69) is 568 Å². The normalized spacial score (nSPS) is 13.2. The number of hydrogen-bond donors (Lipinski definition) is 0. The van der Waals surface area contributed by atoms with Gasteiger partial charge in [0.2, 0.25) is 0 Å². The van der Waals surface area contributed by atoms with Gasteiger partial charge in [-0.1, -0.05) is 491 Å². The van der Waals surface area contributed by atoms with Gasteiger partial charge in [-0.15, -0.1) is 0 Å². The molecule has 0 fully saturated rings. The number of nitrogens with zero attached hydrogens (tertiary/aromatic N) is 2. The third kappa shape index (κ3) is 13.8. The van der Waals surface area contributed by atoms with Gasteiger partial charge in [0, 0.05) is 44.6 Å². The number of anilines is 6. The summed E-state index contributed by atoms with van der Waals surface area (Å²) in [4.78, 5) is 5.08. The number of hydrogen-bond acceptors (Lipinski definition) is 2. The minimum Gasteiger partial charge on any atom is -0.309 e. The summed E-state index contributed by atoms with van der Waals surface area (Å²) in [7, 11) is 0. The molecular weight excluding hydrogens is 1690 g/mol. The fourth-order valence-electron chi connectivity index (χ4n) is 23.3. The molecule has 0 saturated heterocycles. The van der Waals surface area contributed by atoms with Crippen LogP contribution >= 0.6 is 0 Å². The summed E-state index contributed by atoms with van der Waals surface area (Å²) >= 11 is 0. The predicted octanol–water partition coefficient (Wildman–Crippen LogP) is 37.0. The van der Waals surface area contributed by atoms with Crippen LogP contribution in [-0.4, -0.2) is 0 Å². The average molecular weight is 1780 g/mol. The summed E-state index contributed by atoms with van der Waals surface area (Å²) in [5.74, 6) is 0. The lowest BCUT2D eigenvalue weighted by molar-refractivity contribution is 0.768. The van der Waals surface area contributed by atoms with Gasteiger partial charge < -0.3 is 9.80 Å². The first-order valence-electron chi connectivity index (χ1n) is 48.6. The van der Waals surface area contributed by atoms with Crippen LogP contribution in [0.2, 0.25) is 0 Å². The first-order valence-corrected chi connectivity index (χ1v) is 48.6. The summed E-state index contributed by atoms with van der Waals surface area (Å²) in [5, 5.41) is 9.45. The summed E-state index contributed by atoms with van der Waals surface area (Å²) in [5.41, 5.74) is 40.9. The highest BCUT2D eigenvalue weighted by Gasteiger charge is 2.48. The van der Waals surface area contributed by atoms with Crippen LogP contribution in [0, 0.1) is 0 Å². The van der Waals surface area contributed by atoms with E-state index in [1.54, 1.807) is 0 Å². The van der Waals surface area contributed by atoms with Crippen molar-refractivity contribution in [2.24, 2.45) is 0 Å². The molecule has 0 N–H and O–H groups in total. The van der Waals surface area contributed by atoms with Gasteiger partial charge >= 0.3 is 0 Å². The molecule has 0 radical (unpaired) electrons. The minimum absolute atomic E-state index is 0.575. The smallest absolute Gasteiger partial charge is 0.0713 e. The molecule has 1 atom stereocenters. The molecule has 0 aromatic heterocycles. The zero-order valence-corrected chi connectivity index (χ0v) is 77.0. The SMILES string of the molecule is c1ccc(-c2ccc(-c3ccc(N(c4ccc(C5(c6ccccc6)c6ccccc6-c6cc(-c7ccc(-c8cccc(-c9c(N(c%10ccc(-c%11cccc(-c%12ccccc%12)c%11)cc%10)c%10ccc(C%11(c%12ccccc%12)c%12ccccc%12-c%12ccccc%12%11)cc%10)c%10ccccc%10c%10ccccc9%10)c8)cc7)ccc65)cc4)c4c(-c5ccccc5-c5ccccc5)c5ccccc5c5ccccc45)cc3)cc2)cc1. The van der Waals surface area contributed by atoms with Gasteiger partial charge in [0.05, 0.1) is 22.2 Å². The van der Waals surface area contributed by atoms with Gasteiger partial charge in [-0.25, -0.2) is 0 Å². The Hall–Kier alpha value is -18.1. The Morgan fingerprint density at radius 1 is 0.121 bits per heavy atom. The van der Waals surface area contributed by atoms with Crippen molar-refractivity contribution in [1.29, 1.82) is 0 Å². The Morgan fingerprint density at radius 2 is 0.357 bits per heavy atom. The van der Waals surface area contributed by atoms with Crippen LogP contribution in [0.5, 0.6) is 0 Å². The van der Waals surface area contributed by atoms with Crippen molar-refractivity contribution >= 4 is 77.2 Å². The summed E-state index contributed by atoms with van der Waals surface area (Å²) in [6, 6.07) is 208. The quantitative estimate of drug-likeness (QED) is 0.0745. The van der Waals surface area contributed by atoms with Gasteiger partial charge in [-0.3, -0.25) is 0 Å². The van der Waals surface area contributed by atoms with Crippen LogP contribution in [0.25, 0.3) is 165 Å². The molecule has 0 heterocycles. The van der Waals surface area contributed by atoms with Crippen LogP contribution < -0.4 is 9.80 Å². The zero-order valence-electron chi connectivity index (χ0n) is 77.0. The third-order valence-corrected chi connectivity index (χ3v) is 29.6. The van der Waals surface area contributed by atoms with Crippen molar-refractivity contribution < 1.29 is 0 Å². The highest BCUT2D eigenvalue weighted by Crippen LogP contribution is 2.61. The van der Waals surface area contributed by atoms with Gasteiger partial charge in [0.25, 0.3) is 0 Å². The molecule has 140 heavy (non-hydrogen) atoms. The third-order valence-electron chi connectivity index (χ3n) is 29.6. The number of fused-ring (bicyclic) bond motifs is 12. The topological polar surface area (TPSA) is 6.48 Å². The molecule has 2 aliphatic carbocycles. The van der Waals surface area contributed by atoms with E-state index in [1.807, 2.05) is 0 Å². The summed E-state index contributed by atoms with van der Waals surface area (Å²) in [6.45, 7) is 0. The second kappa shape index (κ2) is 34.7. The molecule has 2 heteroatoms. The maximum atomic E-state index is 2.54. The molecule has 0 amide bonds. The van der Waals surface area contributed by atoms with Gasteiger partial charge in [-0.05, 0) is 255 Å². The fraction of sp³-hybridized carbons (Fsp3) is 0.0145. The molecule has 2 nitrogen and oxygen atoms in total. The maximum absolute atomic E-state index is 2.54. The Morgan fingerprint density at radius 3 is 0.771 bits per heavy atom. The molecule has 0 saturated carbocycles. The van der Waals surface area contributed by atoms with E-state index in [0.717, 1.165) is 112 Å². The molecule has 0 spiro atoms. The van der Waals surface area contributed by atoms with Crippen LogP contribution in [0.4, 0.5) is 34.1 Å². The Labute approximate surface area is 816 Å². The molecule has 1 unspecified atom stereocenters. The van der Waals surface area contributed by atoms with Crippen molar-refractivity contribution in [2.75, 3.05) is 9.80 Å². The van der Waals surface area contributed by atoms with Gasteiger partial charge in [0.1, 0.15) is 0 Å². The Bertz CT molecular complexity index is 8800. The van der Waals surface area contributed by atoms with E-state index >= 15 is 0 Å². The molecule has 0 aliphatic heterocycles. The van der Waals surface area contributed by atoms with Gasteiger partial charge in [-0.2, -0.15) is 0 Å². The van der Waals surface area contributed by atoms with E-state index < -0.39 is 10.8 Å². The second-order valence-electron chi connectivity index (χ2n) is 37.1. The van der Waals surface area contributed by atoms with Crippen LogP contribution in [0.15, 0.2) is 558 Å². The molecule has 2 aliphatic rings. The lowest BCUT2D eigenvalue weighted by Gasteiger charge is -2.35. The van der Waals surface area contributed by atoms with Crippen LogP contribution in [0.3, 0.4) is 0 Å².